The second-order valence-electron chi connectivity index (χ2n) is 13.5. The van der Waals surface area contributed by atoms with Crippen molar-refractivity contribution in [2.75, 3.05) is 0 Å². The molecule has 0 saturated carbocycles. The van der Waals surface area contributed by atoms with Gasteiger partial charge in [0.1, 0.15) is 4.83 Å². The van der Waals surface area contributed by atoms with Crippen LogP contribution in [0.15, 0.2) is 194 Å². The highest BCUT2D eigenvalue weighted by atomic mass is 32.1. The molecule has 0 aliphatic rings. The minimum atomic E-state index is 0.667. The molecule has 10 aromatic rings. The van der Waals surface area contributed by atoms with Gasteiger partial charge >= 0.3 is 0 Å². The van der Waals surface area contributed by atoms with E-state index in [0.717, 1.165) is 71.8 Å². The van der Waals surface area contributed by atoms with Crippen LogP contribution in [0.5, 0.6) is 0 Å². The molecule has 10 rings (SSSR count). The second-order valence-corrected chi connectivity index (χ2v) is 14.5. The Hall–Kier alpha value is -7.08. The fraction of sp³-hybridized carbons (Fsp3) is 0. The van der Waals surface area contributed by atoms with Crippen LogP contribution in [0.1, 0.15) is 0 Å². The van der Waals surface area contributed by atoms with E-state index < -0.39 is 0 Å². The van der Waals surface area contributed by atoms with E-state index >= 15 is 0 Å². The zero-order chi connectivity index (χ0) is 36.6. The highest BCUT2D eigenvalue weighted by molar-refractivity contribution is 7.25. The number of hydrogen-bond acceptors (Lipinski definition) is 5. The van der Waals surface area contributed by atoms with Gasteiger partial charge in [-0.2, -0.15) is 0 Å². The number of hydrogen-bond donors (Lipinski definition) is 0. The summed E-state index contributed by atoms with van der Waals surface area (Å²) in [5, 5.41) is 2.25. The number of fused-ring (bicyclic) bond motifs is 3. The second kappa shape index (κ2) is 14.0. The Labute approximate surface area is 323 Å². The first kappa shape index (κ1) is 32.6. The molecule has 0 fully saturated rings. The number of benzene rings is 7. The van der Waals surface area contributed by atoms with Crippen LogP contribution in [0.2, 0.25) is 0 Å². The number of rotatable bonds is 7. The molecule has 0 radical (unpaired) electrons. The molecule has 0 bridgehead atoms. The zero-order valence-electron chi connectivity index (χ0n) is 29.7. The number of nitrogens with zero attached hydrogens (tertiary/aromatic N) is 4. The first-order valence-corrected chi connectivity index (χ1v) is 19.1. The molecule has 0 amide bonds. The third kappa shape index (κ3) is 6.37. The average Bonchev–Trinajstić information content (AvgIpc) is 3.66. The molecule has 0 saturated heterocycles. The molecule has 0 spiro atoms. The Kier molecular flexibility index (Phi) is 8.32. The van der Waals surface area contributed by atoms with Gasteiger partial charge in [0.05, 0.1) is 17.1 Å². The van der Waals surface area contributed by atoms with Gasteiger partial charge in [-0.25, -0.2) is 19.9 Å². The van der Waals surface area contributed by atoms with Crippen molar-refractivity contribution in [1.29, 1.82) is 0 Å². The van der Waals surface area contributed by atoms with Gasteiger partial charge in [0.15, 0.2) is 11.6 Å². The van der Waals surface area contributed by atoms with E-state index in [-0.39, 0.29) is 0 Å². The van der Waals surface area contributed by atoms with Crippen molar-refractivity contribution in [1.82, 2.24) is 19.9 Å². The molecule has 258 valence electrons. The SMILES string of the molecule is c1ccc(-c2cccc(-c3cc(-c4cc(-c5ccccc5)nc(-c5ccccc5)n4)cc(-c4nc(-c5ccccc5)c5c(n4)sc4ccccc45)c3)c2)cc1. The van der Waals surface area contributed by atoms with Gasteiger partial charge in [0.25, 0.3) is 0 Å². The highest BCUT2D eigenvalue weighted by Crippen LogP contribution is 2.41. The highest BCUT2D eigenvalue weighted by Gasteiger charge is 2.19. The molecule has 0 aliphatic carbocycles. The van der Waals surface area contributed by atoms with Gasteiger partial charge in [0, 0.05) is 43.3 Å². The first-order valence-electron chi connectivity index (χ1n) is 18.3. The predicted molar refractivity (Wildman–Crippen MR) is 229 cm³/mol. The van der Waals surface area contributed by atoms with Gasteiger partial charge in [-0.05, 0) is 58.7 Å². The van der Waals surface area contributed by atoms with Crippen LogP contribution in [0.3, 0.4) is 0 Å². The van der Waals surface area contributed by atoms with Crippen molar-refractivity contribution in [3.05, 3.63) is 194 Å². The molecule has 55 heavy (non-hydrogen) atoms. The lowest BCUT2D eigenvalue weighted by molar-refractivity contribution is 1.18. The fourth-order valence-corrected chi connectivity index (χ4v) is 8.28. The van der Waals surface area contributed by atoms with E-state index in [0.29, 0.717) is 11.6 Å². The van der Waals surface area contributed by atoms with Crippen molar-refractivity contribution in [2.24, 2.45) is 0 Å². The van der Waals surface area contributed by atoms with Gasteiger partial charge in [0.2, 0.25) is 0 Å². The van der Waals surface area contributed by atoms with Crippen molar-refractivity contribution < 1.29 is 0 Å². The van der Waals surface area contributed by atoms with Crippen LogP contribution in [-0.2, 0) is 0 Å². The lowest BCUT2D eigenvalue weighted by Gasteiger charge is -2.14. The maximum atomic E-state index is 5.39. The Morgan fingerprint density at radius 2 is 0.800 bits per heavy atom. The van der Waals surface area contributed by atoms with Gasteiger partial charge < -0.3 is 0 Å². The average molecular weight is 721 g/mol. The predicted octanol–water partition coefficient (Wildman–Crippen LogP) is 13.3. The fourth-order valence-electron chi connectivity index (χ4n) is 7.21. The number of aromatic nitrogens is 4. The summed E-state index contributed by atoms with van der Waals surface area (Å²) in [5.74, 6) is 1.34. The van der Waals surface area contributed by atoms with Gasteiger partial charge in [-0.15, -0.1) is 11.3 Å². The molecular formula is C50H32N4S. The van der Waals surface area contributed by atoms with E-state index in [2.05, 4.69) is 152 Å². The van der Waals surface area contributed by atoms with E-state index in [9.17, 15) is 0 Å². The van der Waals surface area contributed by atoms with Crippen molar-refractivity contribution in [2.45, 2.75) is 0 Å². The lowest BCUT2D eigenvalue weighted by atomic mass is 9.94. The van der Waals surface area contributed by atoms with Crippen molar-refractivity contribution in [3.8, 4) is 78.8 Å². The van der Waals surface area contributed by atoms with Crippen LogP contribution in [0.4, 0.5) is 0 Å². The van der Waals surface area contributed by atoms with E-state index in [1.807, 2.05) is 42.5 Å². The summed E-state index contributed by atoms with van der Waals surface area (Å²) >= 11 is 1.71. The molecule has 0 N–H and O–H groups in total. The Morgan fingerprint density at radius 3 is 1.51 bits per heavy atom. The van der Waals surface area contributed by atoms with E-state index in [1.54, 1.807) is 11.3 Å². The molecule has 3 aromatic heterocycles. The quantitative estimate of drug-likeness (QED) is 0.164. The minimum Gasteiger partial charge on any atom is -0.228 e. The Balaban J connectivity index is 1.23. The van der Waals surface area contributed by atoms with Crippen LogP contribution in [0, 0.1) is 0 Å². The monoisotopic (exact) mass is 720 g/mol. The molecule has 4 nitrogen and oxygen atoms in total. The van der Waals surface area contributed by atoms with Crippen LogP contribution >= 0.6 is 11.3 Å². The molecular weight excluding hydrogens is 689 g/mol. The molecule has 7 aromatic carbocycles. The lowest BCUT2D eigenvalue weighted by Crippen LogP contribution is -1.98. The molecule has 5 heteroatoms. The van der Waals surface area contributed by atoms with E-state index in [1.165, 1.54) is 15.6 Å². The Morgan fingerprint density at radius 1 is 0.309 bits per heavy atom. The van der Waals surface area contributed by atoms with Crippen LogP contribution in [-0.4, -0.2) is 19.9 Å². The van der Waals surface area contributed by atoms with E-state index in [4.69, 9.17) is 19.9 Å². The largest absolute Gasteiger partial charge is 0.228 e. The number of thiophene rings is 1. The summed E-state index contributed by atoms with van der Waals surface area (Å²) in [6.45, 7) is 0. The summed E-state index contributed by atoms with van der Waals surface area (Å²) in [7, 11) is 0. The van der Waals surface area contributed by atoms with Gasteiger partial charge in [-0.3, -0.25) is 0 Å². The summed E-state index contributed by atoms with van der Waals surface area (Å²) in [6.07, 6.45) is 0. The third-order valence-corrected chi connectivity index (χ3v) is 11.0. The third-order valence-electron chi connectivity index (χ3n) is 9.90. The smallest absolute Gasteiger partial charge is 0.161 e. The van der Waals surface area contributed by atoms with Gasteiger partial charge in [-0.1, -0.05) is 158 Å². The van der Waals surface area contributed by atoms with Crippen LogP contribution < -0.4 is 0 Å². The summed E-state index contributed by atoms with van der Waals surface area (Å²) in [4.78, 5) is 22.0. The summed E-state index contributed by atoms with van der Waals surface area (Å²) in [6, 6.07) is 67.4. The molecule has 3 heterocycles. The summed E-state index contributed by atoms with van der Waals surface area (Å²) < 4.78 is 1.19. The summed E-state index contributed by atoms with van der Waals surface area (Å²) in [5.41, 5.74) is 12.0. The maximum absolute atomic E-state index is 5.39. The van der Waals surface area contributed by atoms with Crippen LogP contribution in [0.25, 0.3) is 99.1 Å². The van der Waals surface area contributed by atoms with Crippen molar-refractivity contribution in [3.63, 3.8) is 0 Å². The van der Waals surface area contributed by atoms with Crippen molar-refractivity contribution >= 4 is 31.6 Å². The maximum Gasteiger partial charge on any atom is 0.161 e. The minimum absolute atomic E-state index is 0.667. The zero-order valence-corrected chi connectivity index (χ0v) is 30.5. The molecule has 0 atom stereocenters. The first-order chi connectivity index (χ1) is 27.2. The molecule has 0 unspecified atom stereocenters. The Bertz CT molecular complexity index is 2900. The topological polar surface area (TPSA) is 51.6 Å². The standard InChI is InChI=1S/C50H32N4S/c1-5-16-33(17-6-1)37-24-15-25-38(28-37)39-29-40(44-32-43(34-18-7-2-8-19-34)51-48(52-44)36-22-11-4-12-23-36)31-41(30-39)49-53-47(35-20-9-3-10-21-35)46-42-26-13-14-27-45(42)55-50(46)54-49/h1-32H. The molecule has 0 aliphatic heterocycles. The normalized spacial score (nSPS) is 11.3.